The van der Waals surface area contributed by atoms with Gasteiger partial charge in [0, 0.05) is 51.4 Å². The number of benzene rings is 1. The van der Waals surface area contributed by atoms with Crippen molar-refractivity contribution >= 4 is 11.8 Å². The SMILES string of the molecule is CC(C(=O)N1CCOCC1)N1CCN(CC(=O)NCCc2c(F)cccc2F)CC1. The van der Waals surface area contributed by atoms with Crippen molar-refractivity contribution in [2.45, 2.75) is 19.4 Å². The number of piperazine rings is 1. The summed E-state index contributed by atoms with van der Waals surface area (Å²) < 4.78 is 32.6. The average molecular weight is 424 g/mol. The lowest BCUT2D eigenvalue weighted by Crippen LogP contribution is -2.56. The molecule has 0 aromatic heterocycles. The first-order chi connectivity index (χ1) is 14.5. The number of amides is 2. The number of nitrogens with zero attached hydrogens (tertiary/aromatic N) is 3. The second-order valence-electron chi connectivity index (χ2n) is 7.73. The molecule has 166 valence electrons. The van der Waals surface area contributed by atoms with E-state index in [2.05, 4.69) is 10.2 Å². The number of halogens is 2. The minimum Gasteiger partial charge on any atom is -0.378 e. The highest BCUT2D eigenvalue weighted by molar-refractivity contribution is 5.81. The van der Waals surface area contributed by atoms with Crippen molar-refractivity contribution in [1.82, 2.24) is 20.0 Å². The molecule has 0 bridgehead atoms. The quantitative estimate of drug-likeness (QED) is 0.690. The summed E-state index contributed by atoms with van der Waals surface area (Å²) in [7, 11) is 0. The number of hydrogen-bond donors (Lipinski definition) is 1. The zero-order chi connectivity index (χ0) is 21.5. The molecular weight excluding hydrogens is 394 g/mol. The lowest BCUT2D eigenvalue weighted by atomic mass is 10.1. The Kier molecular flexibility index (Phi) is 8.12. The van der Waals surface area contributed by atoms with E-state index in [1.807, 2.05) is 16.7 Å². The van der Waals surface area contributed by atoms with Crippen LogP contribution in [0.2, 0.25) is 0 Å². The lowest BCUT2D eigenvalue weighted by Gasteiger charge is -2.39. The first-order valence-electron chi connectivity index (χ1n) is 10.5. The van der Waals surface area contributed by atoms with Crippen molar-refractivity contribution in [2.24, 2.45) is 0 Å². The summed E-state index contributed by atoms with van der Waals surface area (Å²) >= 11 is 0. The molecule has 9 heteroatoms. The van der Waals surface area contributed by atoms with Crippen LogP contribution in [0.5, 0.6) is 0 Å². The molecule has 1 aromatic rings. The number of ether oxygens (including phenoxy) is 1. The van der Waals surface area contributed by atoms with Crippen LogP contribution in [-0.2, 0) is 20.7 Å². The fourth-order valence-electron chi connectivity index (χ4n) is 3.87. The van der Waals surface area contributed by atoms with Gasteiger partial charge in [0.05, 0.1) is 25.8 Å². The van der Waals surface area contributed by atoms with Crippen LogP contribution in [0.4, 0.5) is 8.78 Å². The monoisotopic (exact) mass is 424 g/mol. The van der Waals surface area contributed by atoms with Crippen molar-refractivity contribution in [2.75, 3.05) is 65.6 Å². The van der Waals surface area contributed by atoms with E-state index in [-0.39, 0.29) is 42.9 Å². The van der Waals surface area contributed by atoms with Gasteiger partial charge in [0.25, 0.3) is 0 Å². The third kappa shape index (κ3) is 5.96. The number of hydrogen-bond acceptors (Lipinski definition) is 5. The molecule has 2 heterocycles. The molecule has 2 aliphatic rings. The molecule has 1 atom stereocenters. The van der Waals surface area contributed by atoms with Gasteiger partial charge in [-0.05, 0) is 25.5 Å². The van der Waals surface area contributed by atoms with Crippen molar-refractivity contribution in [3.05, 3.63) is 35.4 Å². The third-order valence-electron chi connectivity index (χ3n) is 5.76. The Hall–Kier alpha value is -2.10. The fourth-order valence-corrected chi connectivity index (χ4v) is 3.87. The molecule has 0 spiro atoms. The predicted molar refractivity (Wildman–Crippen MR) is 108 cm³/mol. The molecule has 2 fully saturated rings. The van der Waals surface area contributed by atoms with E-state index in [1.165, 1.54) is 18.2 Å². The van der Waals surface area contributed by atoms with E-state index in [0.29, 0.717) is 52.5 Å². The summed E-state index contributed by atoms with van der Waals surface area (Å²) in [5, 5.41) is 2.73. The molecule has 0 saturated carbocycles. The summed E-state index contributed by atoms with van der Waals surface area (Å²) in [5.74, 6) is -1.23. The first kappa shape index (κ1) is 22.6. The fraction of sp³-hybridized carbons (Fsp3) is 0.619. The Balaban J connectivity index is 1.36. The van der Waals surface area contributed by atoms with Gasteiger partial charge in [-0.3, -0.25) is 19.4 Å². The van der Waals surface area contributed by atoms with Gasteiger partial charge in [-0.1, -0.05) is 6.07 Å². The zero-order valence-electron chi connectivity index (χ0n) is 17.4. The molecule has 2 aliphatic heterocycles. The summed E-state index contributed by atoms with van der Waals surface area (Å²) in [4.78, 5) is 30.8. The Morgan fingerprint density at radius 3 is 2.33 bits per heavy atom. The van der Waals surface area contributed by atoms with E-state index < -0.39 is 11.6 Å². The maximum atomic E-state index is 13.6. The van der Waals surface area contributed by atoms with Gasteiger partial charge in [0.15, 0.2) is 0 Å². The Bertz CT molecular complexity index is 715. The van der Waals surface area contributed by atoms with Crippen LogP contribution in [-0.4, -0.2) is 98.1 Å². The molecule has 0 aliphatic carbocycles. The standard InChI is InChI=1S/C21H30F2N4O3/c1-16(21(29)27-11-13-30-14-12-27)26-9-7-25(8-10-26)15-20(28)24-6-5-17-18(22)3-2-4-19(17)23/h2-4,16H,5-15H2,1H3,(H,24,28). The highest BCUT2D eigenvalue weighted by atomic mass is 19.1. The van der Waals surface area contributed by atoms with Crippen LogP contribution < -0.4 is 5.32 Å². The molecule has 3 rings (SSSR count). The minimum absolute atomic E-state index is 0.00895. The highest BCUT2D eigenvalue weighted by Crippen LogP contribution is 2.12. The smallest absolute Gasteiger partial charge is 0.239 e. The van der Waals surface area contributed by atoms with E-state index in [0.717, 1.165) is 0 Å². The van der Waals surface area contributed by atoms with Gasteiger partial charge in [0.2, 0.25) is 11.8 Å². The third-order valence-corrected chi connectivity index (χ3v) is 5.76. The molecule has 1 N–H and O–H groups in total. The van der Waals surface area contributed by atoms with Gasteiger partial charge in [-0.2, -0.15) is 0 Å². The Morgan fingerprint density at radius 2 is 1.70 bits per heavy atom. The Morgan fingerprint density at radius 1 is 1.07 bits per heavy atom. The van der Waals surface area contributed by atoms with Crippen LogP contribution in [0, 0.1) is 11.6 Å². The molecule has 0 radical (unpaired) electrons. The molecule has 7 nitrogen and oxygen atoms in total. The summed E-state index contributed by atoms with van der Waals surface area (Å²) in [5.41, 5.74) is -0.00895. The lowest BCUT2D eigenvalue weighted by molar-refractivity contribution is -0.141. The van der Waals surface area contributed by atoms with Crippen molar-refractivity contribution < 1.29 is 23.1 Å². The van der Waals surface area contributed by atoms with E-state index in [4.69, 9.17) is 4.74 Å². The average Bonchev–Trinajstić information content (AvgIpc) is 2.76. The molecule has 2 saturated heterocycles. The van der Waals surface area contributed by atoms with Crippen LogP contribution in [0.3, 0.4) is 0 Å². The minimum atomic E-state index is -0.596. The van der Waals surface area contributed by atoms with Gasteiger partial charge in [-0.25, -0.2) is 8.78 Å². The maximum absolute atomic E-state index is 13.6. The highest BCUT2D eigenvalue weighted by Gasteiger charge is 2.29. The molecule has 1 unspecified atom stereocenters. The van der Waals surface area contributed by atoms with E-state index in [9.17, 15) is 18.4 Å². The second kappa shape index (κ2) is 10.8. The topological polar surface area (TPSA) is 65.1 Å². The van der Waals surface area contributed by atoms with Crippen LogP contribution in [0.15, 0.2) is 18.2 Å². The molecule has 30 heavy (non-hydrogen) atoms. The summed E-state index contributed by atoms with van der Waals surface area (Å²) in [6.07, 6.45) is 0.110. The van der Waals surface area contributed by atoms with Crippen LogP contribution in [0.25, 0.3) is 0 Å². The Labute approximate surface area is 175 Å². The molecular formula is C21H30F2N4O3. The van der Waals surface area contributed by atoms with Crippen molar-refractivity contribution in [3.8, 4) is 0 Å². The van der Waals surface area contributed by atoms with Crippen molar-refractivity contribution in [1.29, 1.82) is 0 Å². The molecule has 2 amide bonds. The van der Waals surface area contributed by atoms with Gasteiger partial charge in [-0.15, -0.1) is 0 Å². The largest absolute Gasteiger partial charge is 0.378 e. The summed E-state index contributed by atoms with van der Waals surface area (Å²) in [6.45, 7) is 7.61. The van der Waals surface area contributed by atoms with Gasteiger partial charge in [0.1, 0.15) is 11.6 Å². The normalized spacial score (nSPS) is 19.5. The van der Waals surface area contributed by atoms with E-state index >= 15 is 0 Å². The number of carbonyl (C=O) groups is 2. The number of nitrogens with one attached hydrogen (secondary N) is 1. The van der Waals surface area contributed by atoms with Gasteiger partial charge < -0.3 is 15.0 Å². The maximum Gasteiger partial charge on any atom is 0.239 e. The number of carbonyl (C=O) groups excluding carboxylic acids is 2. The summed E-state index contributed by atoms with van der Waals surface area (Å²) in [6, 6.07) is 3.56. The van der Waals surface area contributed by atoms with Crippen LogP contribution >= 0.6 is 0 Å². The number of morpholine rings is 1. The second-order valence-corrected chi connectivity index (χ2v) is 7.73. The first-order valence-corrected chi connectivity index (χ1v) is 10.5. The zero-order valence-corrected chi connectivity index (χ0v) is 17.4. The van der Waals surface area contributed by atoms with Gasteiger partial charge >= 0.3 is 0 Å². The van der Waals surface area contributed by atoms with Crippen LogP contribution in [0.1, 0.15) is 12.5 Å². The number of rotatable bonds is 7. The predicted octanol–water partition coefficient (Wildman–Crippen LogP) is 0.488. The van der Waals surface area contributed by atoms with Crippen molar-refractivity contribution in [3.63, 3.8) is 0 Å². The molecule has 1 aromatic carbocycles. The van der Waals surface area contributed by atoms with E-state index in [1.54, 1.807) is 0 Å².